The number of rotatable bonds is 13. The highest BCUT2D eigenvalue weighted by Gasteiger charge is 2.17. The maximum absolute atomic E-state index is 6.00. The van der Waals surface area contributed by atoms with Gasteiger partial charge in [0.1, 0.15) is 12.4 Å². The zero-order valence-electron chi connectivity index (χ0n) is 20.3. The van der Waals surface area contributed by atoms with E-state index in [0.29, 0.717) is 25.1 Å². The van der Waals surface area contributed by atoms with Crippen molar-refractivity contribution in [2.24, 2.45) is 10.9 Å². The minimum atomic E-state index is 0. The van der Waals surface area contributed by atoms with Crippen LogP contribution in [0.5, 0.6) is 5.75 Å². The second-order valence-electron chi connectivity index (χ2n) is 8.49. The molecule has 1 aliphatic rings. The summed E-state index contributed by atoms with van der Waals surface area (Å²) >= 11 is 0. The van der Waals surface area contributed by atoms with E-state index in [9.17, 15) is 0 Å². The monoisotopic (exact) mass is 562 g/mol. The second-order valence-corrected chi connectivity index (χ2v) is 8.49. The molecule has 0 spiro atoms. The number of nitrogens with one attached hydrogen (secondary N) is 2. The third-order valence-electron chi connectivity index (χ3n) is 5.32. The molecule has 2 N–H and O–H groups in total. The topological polar surface area (TPSA) is 67.4 Å². The van der Waals surface area contributed by atoms with Crippen molar-refractivity contribution in [3.63, 3.8) is 0 Å². The van der Waals surface area contributed by atoms with Gasteiger partial charge in [0, 0.05) is 59.2 Å². The summed E-state index contributed by atoms with van der Waals surface area (Å²) in [5, 5.41) is 6.70. The summed E-state index contributed by atoms with van der Waals surface area (Å²) in [7, 11) is 3.97. The highest BCUT2D eigenvalue weighted by Crippen LogP contribution is 2.15. The van der Waals surface area contributed by atoms with Crippen LogP contribution in [0.1, 0.15) is 38.7 Å². The van der Waals surface area contributed by atoms with Gasteiger partial charge in [-0.05, 0) is 49.9 Å². The van der Waals surface area contributed by atoms with Gasteiger partial charge in [-0.2, -0.15) is 0 Å². The molecule has 8 heteroatoms. The van der Waals surface area contributed by atoms with Crippen LogP contribution in [0.3, 0.4) is 0 Å². The maximum Gasteiger partial charge on any atom is 0.191 e. The Morgan fingerprint density at radius 1 is 1.22 bits per heavy atom. The highest BCUT2D eigenvalue weighted by molar-refractivity contribution is 14.0. The van der Waals surface area contributed by atoms with Crippen molar-refractivity contribution in [1.82, 2.24) is 15.5 Å². The molecule has 1 aliphatic heterocycles. The van der Waals surface area contributed by atoms with Crippen LogP contribution in [0, 0.1) is 5.92 Å². The molecule has 0 unspecified atom stereocenters. The lowest BCUT2D eigenvalue weighted by molar-refractivity contribution is 0.0392. The molecule has 1 heterocycles. The van der Waals surface area contributed by atoms with Gasteiger partial charge in [0.05, 0.1) is 0 Å². The van der Waals surface area contributed by atoms with Crippen molar-refractivity contribution < 1.29 is 14.2 Å². The molecule has 2 rings (SSSR count). The number of ether oxygens (including phenoxy) is 3. The van der Waals surface area contributed by atoms with Crippen LogP contribution >= 0.6 is 24.0 Å². The molecule has 1 aromatic rings. The predicted molar refractivity (Wildman–Crippen MR) is 142 cm³/mol. The molecular formula is C24H43IN4O3. The molecule has 1 aromatic carbocycles. The Balaban J connectivity index is 0.00000512. The quantitative estimate of drug-likeness (QED) is 0.166. The summed E-state index contributed by atoms with van der Waals surface area (Å²) in [5.41, 5.74) is 1.17. The summed E-state index contributed by atoms with van der Waals surface area (Å²) in [6.07, 6.45) is 3.18. The van der Waals surface area contributed by atoms with Crippen LogP contribution in [-0.4, -0.2) is 77.1 Å². The van der Waals surface area contributed by atoms with E-state index in [2.05, 4.69) is 53.6 Å². The van der Waals surface area contributed by atoms with Crippen molar-refractivity contribution in [3.8, 4) is 5.75 Å². The summed E-state index contributed by atoms with van der Waals surface area (Å²) in [6.45, 7) is 10.8. The number of halogens is 1. The summed E-state index contributed by atoms with van der Waals surface area (Å²) < 4.78 is 17.1. The van der Waals surface area contributed by atoms with E-state index in [-0.39, 0.29) is 24.0 Å². The Bertz CT molecular complexity index is 639. The fourth-order valence-corrected chi connectivity index (χ4v) is 3.47. The van der Waals surface area contributed by atoms with E-state index in [1.54, 1.807) is 7.05 Å². The molecule has 184 valence electrons. The van der Waals surface area contributed by atoms with Crippen LogP contribution in [0.15, 0.2) is 29.3 Å². The van der Waals surface area contributed by atoms with Crippen molar-refractivity contribution in [1.29, 1.82) is 0 Å². The van der Waals surface area contributed by atoms with E-state index in [1.165, 1.54) is 5.56 Å². The Labute approximate surface area is 211 Å². The molecule has 0 radical (unpaired) electrons. The molecule has 1 saturated heterocycles. The molecule has 7 nitrogen and oxygen atoms in total. The van der Waals surface area contributed by atoms with Crippen LogP contribution in [-0.2, 0) is 16.0 Å². The molecule has 32 heavy (non-hydrogen) atoms. The second kappa shape index (κ2) is 17.4. The maximum atomic E-state index is 6.00. The first-order chi connectivity index (χ1) is 15.1. The molecule has 0 saturated carbocycles. The Kier molecular flexibility index (Phi) is 15.7. The number of guanidine groups is 1. The lowest BCUT2D eigenvalue weighted by atomic mass is 10.1. The smallest absolute Gasteiger partial charge is 0.191 e. The SMILES string of the molecule is CN=C(NCCCOCC(C)C)NCc1cccc(OCCN(C)C2CCOCC2)c1.I. The summed E-state index contributed by atoms with van der Waals surface area (Å²) in [6, 6.07) is 8.85. The standard InChI is InChI=1S/C24H42N4O3.HI/c1-20(2)19-30-13-6-11-26-24(25-3)27-18-21-7-5-8-23(17-21)31-16-12-28(4)22-9-14-29-15-10-22;/h5,7-8,17,20,22H,6,9-16,18-19H2,1-4H3,(H2,25,26,27);1H. The fourth-order valence-electron chi connectivity index (χ4n) is 3.47. The van der Waals surface area contributed by atoms with Crippen LogP contribution in [0.25, 0.3) is 0 Å². The van der Waals surface area contributed by atoms with Crippen LogP contribution in [0.4, 0.5) is 0 Å². The first-order valence-corrected chi connectivity index (χ1v) is 11.6. The molecule has 1 fully saturated rings. The number of likely N-dealkylation sites (N-methyl/N-ethyl adjacent to an activating group) is 1. The van der Waals surface area contributed by atoms with Crippen molar-refractivity contribution in [2.75, 3.05) is 60.2 Å². The van der Waals surface area contributed by atoms with Gasteiger partial charge < -0.3 is 24.8 Å². The van der Waals surface area contributed by atoms with Gasteiger partial charge in [0.25, 0.3) is 0 Å². The predicted octanol–water partition coefficient (Wildman–Crippen LogP) is 3.52. The van der Waals surface area contributed by atoms with E-state index in [0.717, 1.165) is 70.5 Å². The van der Waals surface area contributed by atoms with Gasteiger partial charge in [-0.3, -0.25) is 9.89 Å². The summed E-state index contributed by atoms with van der Waals surface area (Å²) in [4.78, 5) is 6.68. The third kappa shape index (κ3) is 12.2. The molecule has 0 aromatic heterocycles. The first-order valence-electron chi connectivity index (χ1n) is 11.6. The van der Waals surface area contributed by atoms with Crippen LogP contribution < -0.4 is 15.4 Å². The van der Waals surface area contributed by atoms with Gasteiger partial charge in [0.15, 0.2) is 5.96 Å². The van der Waals surface area contributed by atoms with Gasteiger partial charge in [-0.1, -0.05) is 26.0 Å². The van der Waals surface area contributed by atoms with Crippen molar-refractivity contribution in [3.05, 3.63) is 29.8 Å². The van der Waals surface area contributed by atoms with Gasteiger partial charge in [0.2, 0.25) is 0 Å². The van der Waals surface area contributed by atoms with E-state index >= 15 is 0 Å². The Hall–Kier alpha value is -1.10. The molecular weight excluding hydrogens is 519 g/mol. The fraction of sp³-hybridized carbons (Fsp3) is 0.708. The minimum Gasteiger partial charge on any atom is -0.492 e. The van der Waals surface area contributed by atoms with Crippen LogP contribution in [0.2, 0.25) is 0 Å². The highest BCUT2D eigenvalue weighted by atomic mass is 127. The van der Waals surface area contributed by atoms with Crippen molar-refractivity contribution in [2.45, 2.75) is 45.7 Å². The largest absolute Gasteiger partial charge is 0.492 e. The zero-order valence-corrected chi connectivity index (χ0v) is 22.6. The number of benzene rings is 1. The van der Waals surface area contributed by atoms with Gasteiger partial charge in [-0.15, -0.1) is 24.0 Å². The Morgan fingerprint density at radius 2 is 2.00 bits per heavy atom. The van der Waals surface area contributed by atoms with Crippen molar-refractivity contribution >= 4 is 29.9 Å². The molecule has 0 amide bonds. The average Bonchev–Trinajstić information content (AvgIpc) is 2.78. The minimum absolute atomic E-state index is 0. The van der Waals surface area contributed by atoms with Gasteiger partial charge >= 0.3 is 0 Å². The number of hydrogen-bond acceptors (Lipinski definition) is 5. The number of nitrogens with zero attached hydrogens (tertiary/aromatic N) is 2. The molecule has 0 bridgehead atoms. The summed E-state index contributed by atoms with van der Waals surface area (Å²) in [5.74, 6) is 2.29. The van der Waals surface area contributed by atoms with E-state index < -0.39 is 0 Å². The number of aliphatic imine (C=N–C) groups is 1. The Morgan fingerprint density at radius 3 is 2.72 bits per heavy atom. The third-order valence-corrected chi connectivity index (χ3v) is 5.32. The normalized spacial score (nSPS) is 15.0. The first kappa shape index (κ1) is 28.9. The molecule has 0 aliphatic carbocycles. The molecule has 0 atom stereocenters. The van der Waals surface area contributed by atoms with E-state index in [4.69, 9.17) is 14.2 Å². The van der Waals surface area contributed by atoms with E-state index in [1.807, 2.05) is 12.1 Å². The lowest BCUT2D eigenvalue weighted by Crippen LogP contribution is -2.38. The van der Waals surface area contributed by atoms with Gasteiger partial charge in [-0.25, -0.2) is 0 Å². The zero-order chi connectivity index (χ0) is 22.3. The number of hydrogen-bond donors (Lipinski definition) is 2. The average molecular weight is 563 g/mol. The lowest BCUT2D eigenvalue weighted by Gasteiger charge is -2.31.